The van der Waals surface area contributed by atoms with Crippen LogP contribution in [0.15, 0.2) is 11.8 Å². The first kappa shape index (κ1) is 10.7. The molecule has 3 nitrogen and oxygen atoms in total. The average molecular weight is 210 g/mol. The Kier molecular flexibility index (Phi) is 3.10. The molecule has 0 unspecified atom stereocenters. The van der Waals surface area contributed by atoms with Crippen molar-refractivity contribution in [1.82, 2.24) is 0 Å². The number of carbonyl (C=O) groups is 1. The van der Waals surface area contributed by atoms with Gasteiger partial charge in [-0.2, -0.15) is 0 Å². The fourth-order valence-electron chi connectivity index (χ4n) is 2.81. The van der Waals surface area contributed by atoms with E-state index in [0.29, 0.717) is 12.5 Å². The summed E-state index contributed by atoms with van der Waals surface area (Å²) in [5.41, 5.74) is 0.846. The maximum absolute atomic E-state index is 12.1. The molecule has 0 N–H and O–H groups in total. The highest BCUT2D eigenvalue weighted by Crippen LogP contribution is 2.44. The van der Waals surface area contributed by atoms with Crippen molar-refractivity contribution in [3.8, 4) is 0 Å². The molecular formula is C12H18O3. The SMILES string of the molecule is CCC[C@H]1C(=O)/C(=C/OC)[C@@H]2COC[C@H]12. The van der Waals surface area contributed by atoms with Crippen LogP contribution in [0.5, 0.6) is 0 Å². The third-order valence-electron chi connectivity index (χ3n) is 3.51. The lowest BCUT2D eigenvalue weighted by atomic mass is 9.89. The topological polar surface area (TPSA) is 35.5 Å². The number of carbonyl (C=O) groups excluding carboxylic acids is 1. The molecule has 1 heterocycles. The first-order valence-corrected chi connectivity index (χ1v) is 5.64. The fourth-order valence-corrected chi connectivity index (χ4v) is 2.81. The molecule has 0 aromatic rings. The van der Waals surface area contributed by atoms with Crippen molar-refractivity contribution in [2.24, 2.45) is 17.8 Å². The van der Waals surface area contributed by atoms with Crippen LogP contribution in [0.25, 0.3) is 0 Å². The van der Waals surface area contributed by atoms with Gasteiger partial charge in [0, 0.05) is 23.3 Å². The first-order chi connectivity index (χ1) is 7.29. The van der Waals surface area contributed by atoms with E-state index in [2.05, 4.69) is 6.92 Å². The molecule has 1 aliphatic heterocycles. The van der Waals surface area contributed by atoms with Gasteiger partial charge in [-0.1, -0.05) is 13.3 Å². The van der Waals surface area contributed by atoms with E-state index in [1.54, 1.807) is 13.4 Å². The van der Waals surface area contributed by atoms with Crippen molar-refractivity contribution in [2.45, 2.75) is 19.8 Å². The molecule has 15 heavy (non-hydrogen) atoms. The second-order valence-corrected chi connectivity index (χ2v) is 4.38. The Morgan fingerprint density at radius 1 is 1.53 bits per heavy atom. The number of methoxy groups -OCH3 is 1. The number of hydrogen-bond acceptors (Lipinski definition) is 3. The summed E-state index contributed by atoms with van der Waals surface area (Å²) in [5.74, 6) is 1.15. The Bertz CT molecular complexity index is 283. The van der Waals surface area contributed by atoms with Gasteiger partial charge in [0.2, 0.25) is 0 Å². The summed E-state index contributed by atoms with van der Waals surface area (Å²) in [6, 6.07) is 0. The van der Waals surface area contributed by atoms with Gasteiger partial charge in [0.15, 0.2) is 5.78 Å². The van der Waals surface area contributed by atoms with Gasteiger partial charge in [-0.25, -0.2) is 0 Å². The molecule has 0 radical (unpaired) electrons. The molecule has 3 atom stereocenters. The van der Waals surface area contributed by atoms with E-state index in [9.17, 15) is 4.79 Å². The van der Waals surface area contributed by atoms with Crippen LogP contribution in [0.3, 0.4) is 0 Å². The normalized spacial score (nSPS) is 37.3. The van der Waals surface area contributed by atoms with Gasteiger partial charge in [-0.05, 0) is 6.42 Å². The second-order valence-electron chi connectivity index (χ2n) is 4.38. The summed E-state index contributed by atoms with van der Waals surface area (Å²) in [4.78, 5) is 12.1. The lowest BCUT2D eigenvalue weighted by molar-refractivity contribution is -0.119. The van der Waals surface area contributed by atoms with Gasteiger partial charge in [-0.3, -0.25) is 4.79 Å². The van der Waals surface area contributed by atoms with Gasteiger partial charge >= 0.3 is 0 Å². The van der Waals surface area contributed by atoms with Crippen LogP contribution in [0, 0.1) is 17.8 Å². The van der Waals surface area contributed by atoms with E-state index >= 15 is 0 Å². The Hall–Kier alpha value is -0.830. The predicted molar refractivity (Wildman–Crippen MR) is 56.3 cm³/mol. The molecule has 2 aliphatic rings. The van der Waals surface area contributed by atoms with Crippen molar-refractivity contribution >= 4 is 5.78 Å². The zero-order valence-corrected chi connectivity index (χ0v) is 9.36. The molecule has 1 aliphatic carbocycles. The van der Waals surface area contributed by atoms with Crippen molar-refractivity contribution < 1.29 is 14.3 Å². The molecule has 3 heteroatoms. The molecule has 0 spiro atoms. The van der Waals surface area contributed by atoms with Crippen molar-refractivity contribution in [1.29, 1.82) is 0 Å². The summed E-state index contributed by atoms with van der Waals surface area (Å²) in [6.07, 6.45) is 3.65. The number of ketones is 1. The minimum absolute atomic E-state index is 0.170. The molecular weight excluding hydrogens is 192 g/mol. The van der Waals surface area contributed by atoms with E-state index in [1.165, 1.54) is 0 Å². The second kappa shape index (κ2) is 4.35. The predicted octanol–water partition coefficient (Wildman–Crippen LogP) is 1.78. The smallest absolute Gasteiger partial charge is 0.165 e. The van der Waals surface area contributed by atoms with Gasteiger partial charge in [-0.15, -0.1) is 0 Å². The standard InChI is InChI=1S/C12H18O3/c1-3-4-8-9-6-15-7-10(9)11(5-14-2)12(8)13/h5,8-10H,3-4,6-7H2,1-2H3/b11-5+/t8-,9-,10-/m1/s1. The van der Waals surface area contributed by atoms with Gasteiger partial charge in [0.25, 0.3) is 0 Å². The van der Waals surface area contributed by atoms with Crippen LogP contribution in [0.2, 0.25) is 0 Å². The maximum Gasteiger partial charge on any atom is 0.165 e. The Morgan fingerprint density at radius 3 is 3.00 bits per heavy atom. The average Bonchev–Trinajstić information content (AvgIpc) is 2.77. The van der Waals surface area contributed by atoms with Crippen LogP contribution in [-0.2, 0) is 14.3 Å². The number of fused-ring (bicyclic) bond motifs is 1. The van der Waals surface area contributed by atoms with Crippen LogP contribution in [0.4, 0.5) is 0 Å². The molecule has 0 amide bonds. The third-order valence-corrected chi connectivity index (χ3v) is 3.51. The lowest BCUT2D eigenvalue weighted by Crippen LogP contribution is -2.17. The molecule has 0 bridgehead atoms. The summed E-state index contributed by atoms with van der Waals surface area (Å²) < 4.78 is 10.5. The number of ether oxygens (including phenoxy) is 2. The van der Waals surface area contributed by atoms with Gasteiger partial charge < -0.3 is 9.47 Å². The molecule has 2 rings (SSSR count). The lowest BCUT2D eigenvalue weighted by Gasteiger charge is -2.13. The van der Waals surface area contributed by atoms with E-state index < -0.39 is 0 Å². The van der Waals surface area contributed by atoms with Crippen LogP contribution in [0.1, 0.15) is 19.8 Å². The maximum atomic E-state index is 12.1. The van der Waals surface area contributed by atoms with Crippen molar-refractivity contribution in [3.63, 3.8) is 0 Å². The quantitative estimate of drug-likeness (QED) is 0.526. The van der Waals surface area contributed by atoms with Crippen molar-refractivity contribution in [2.75, 3.05) is 20.3 Å². The molecule has 1 saturated carbocycles. The molecule has 2 fully saturated rings. The summed E-state index contributed by atoms with van der Waals surface area (Å²) in [6.45, 7) is 3.55. The number of rotatable bonds is 3. The summed E-state index contributed by atoms with van der Waals surface area (Å²) in [7, 11) is 1.60. The summed E-state index contributed by atoms with van der Waals surface area (Å²) in [5, 5.41) is 0. The van der Waals surface area contributed by atoms with E-state index in [4.69, 9.17) is 9.47 Å². The minimum atomic E-state index is 0.170. The Labute approximate surface area is 90.4 Å². The highest BCUT2D eigenvalue weighted by Gasteiger charge is 2.48. The van der Waals surface area contributed by atoms with Crippen LogP contribution < -0.4 is 0 Å². The molecule has 1 saturated heterocycles. The van der Waals surface area contributed by atoms with Crippen LogP contribution >= 0.6 is 0 Å². The molecule has 0 aromatic carbocycles. The monoisotopic (exact) mass is 210 g/mol. The highest BCUT2D eigenvalue weighted by atomic mass is 16.5. The van der Waals surface area contributed by atoms with E-state index in [1.807, 2.05) is 0 Å². The van der Waals surface area contributed by atoms with E-state index in [-0.39, 0.29) is 17.6 Å². The van der Waals surface area contributed by atoms with Crippen LogP contribution in [-0.4, -0.2) is 26.1 Å². The number of hydrogen-bond donors (Lipinski definition) is 0. The Balaban J connectivity index is 2.22. The third kappa shape index (κ3) is 1.69. The van der Waals surface area contributed by atoms with Gasteiger partial charge in [0.1, 0.15) is 0 Å². The highest BCUT2D eigenvalue weighted by molar-refractivity contribution is 6.00. The number of Topliss-reactive ketones (excluding diaryl/α,β-unsaturated/α-hetero) is 1. The summed E-state index contributed by atoms with van der Waals surface area (Å²) >= 11 is 0. The molecule has 0 aromatic heterocycles. The van der Waals surface area contributed by atoms with Gasteiger partial charge in [0.05, 0.1) is 26.6 Å². The van der Waals surface area contributed by atoms with Crippen molar-refractivity contribution in [3.05, 3.63) is 11.8 Å². The largest absolute Gasteiger partial charge is 0.504 e. The molecule has 84 valence electrons. The first-order valence-electron chi connectivity index (χ1n) is 5.64. The minimum Gasteiger partial charge on any atom is -0.504 e. The zero-order chi connectivity index (χ0) is 10.8. The zero-order valence-electron chi connectivity index (χ0n) is 9.36. The Morgan fingerprint density at radius 2 is 2.33 bits per heavy atom. The van der Waals surface area contributed by atoms with E-state index in [0.717, 1.165) is 25.0 Å². The fraction of sp³-hybridized carbons (Fsp3) is 0.750.